The summed E-state index contributed by atoms with van der Waals surface area (Å²) in [6.07, 6.45) is 38.1. The summed E-state index contributed by atoms with van der Waals surface area (Å²) in [6, 6.07) is 0. The summed E-state index contributed by atoms with van der Waals surface area (Å²) in [5.41, 5.74) is 4.25. The third-order valence-corrected chi connectivity index (χ3v) is 10.7. The molecule has 0 saturated carbocycles. The summed E-state index contributed by atoms with van der Waals surface area (Å²) in [6.45, 7) is 14.8. The van der Waals surface area contributed by atoms with Crippen molar-refractivity contribution < 1.29 is 23.3 Å². The van der Waals surface area contributed by atoms with E-state index in [-0.39, 0.29) is 19.5 Å². The Morgan fingerprint density at radius 1 is 0.620 bits per heavy atom. The van der Waals surface area contributed by atoms with Crippen molar-refractivity contribution in [1.82, 2.24) is 4.90 Å². The van der Waals surface area contributed by atoms with Crippen LogP contribution in [0.5, 0.6) is 0 Å². The van der Waals surface area contributed by atoms with Gasteiger partial charge in [-0.05, 0) is 79.2 Å². The van der Waals surface area contributed by atoms with E-state index in [9.17, 15) is 10.2 Å². The van der Waals surface area contributed by atoms with Crippen LogP contribution in [-0.4, -0.2) is 80.0 Å². The normalized spacial score (nSPS) is 13.7. The summed E-state index contributed by atoms with van der Waals surface area (Å²) >= 11 is 0. The molecule has 0 aromatic heterocycles. The lowest BCUT2D eigenvalue weighted by Crippen LogP contribution is -2.30. The minimum Gasteiger partial charge on any atom is -0.395 e. The summed E-state index contributed by atoms with van der Waals surface area (Å²) in [7, 11) is -1.68. The summed E-state index contributed by atoms with van der Waals surface area (Å²) in [4.78, 5) is 2.12. The highest BCUT2D eigenvalue weighted by Gasteiger charge is 2.18. The van der Waals surface area contributed by atoms with E-state index >= 15 is 0 Å². The molecule has 2 N–H and O–H groups in total. The first-order valence-electron chi connectivity index (χ1n) is 20.7. The molecule has 50 heavy (non-hydrogen) atoms. The van der Waals surface area contributed by atoms with Crippen molar-refractivity contribution in [3.05, 3.63) is 34.9 Å². The van der Waals surface area contributed by atoms with Crippen LogP contribution in [0.1, 0.15) is 176 Å². The van der Waals surface area contributed by atoms with Gasteiger partial charge in [0.1, 0.15) is 0 Å². The highest BCUT2D eigenvalue weighted by Crippen LogP contribution is 2.44. The Morgan fingerprint density at radius 3 is 1.68 bits per heavy atom. The van der Waals surface area contributed by atoms with Crippen molar-refractivity contribution in [3.63, 3.8) is 0 Å². The third kappa shape index (κ3) is 34.4. The summed E-state index contributed by atoms with van der Waals surface area (Å²) in [5, 5.41) is 18.4. The van der Waals surface area contributed by atoms with Crippen molar-refractivity contribution in [3.8, 4) is 0 Å². The van der Waals surface area contributed by atoms with Gasteiger partial charge < -0.3 is 14.9 Å². The van der Waals surface area contributed by atoms with Crippen molar-refractivity contribution in [2.75, 3.05) is 58.6 Å². The summed E-state index contributed by atoms with van der Waals surface area (Å²) < 4.78 is 19.2. The number of aliphatic hydroxyl groups is 2. The number of hydrogen-bond donors (Lipinski definition) is 2. The molecule has 7 heteroatoms. The fourth-order valence-corrected chi connectivity index (χ4v) is 7.32. The molecule has 0 bridgehead atoms. The Balaban J connectivity index is 4.65. The van der Waals surface area contributed by atoms with Crippen LogP contribution in [0.3, 0.4) is 0 Å². The average molecular weight is 728 g/mol. The molecule has 0 aliphatic heterocycles. The van der Waals surface area contributed by atoms with Gasteiger partial charge in [-0.25, -0.2) is 0 Å². The molecular weight excluding hydrogens is 643 g/mol. The fourth-order valence-electron chi connectivity index (χ4n) is 6.08. The number of allylic oxidation sites excluding steroid dienone is 5. The van der Waals surface area contributed by atoms with Gasteiger partial charge in [0.2, 0.25) is 0 Å². The molecule has 0 amide bonds. The lowest BCUT2D eigenvalue weighted by atomic mass is 10.0. The van der Waals surface area contributed by atoms with Gasteiger partial charge in [-0.15, -0.1) is 0 Å². The third-order valence-electron chi connectivity index (χ3n) is 9.29. The molecule has 0 radical (unpaired) electrons. The van der Waals surface area contributed by atoms with Gasteiger partial charge in [-0.2, -0.15) is 10.6 Å². The molecule has 0 aromatic carbocycles. The zero-order valence-corrected chi connectivity index (χ0v) is 35.1. The fraction of sp³-hybridized carbons (Fsp3) is 0.860. The monoisotopic (exact) mass is 728 g/mol. The molecule has 0 fully saturated rings. The van der Waals surface area contributed by atoms with Gasteiger partial charge in [0.25, 0.3) is 0 Å². The van der Waals surface area contributed by atoms with Gasteiger partial charge in [0, 0.05) is 32.0 Å². The Morgan fingerprint density at radius 2 is 1.12 bits per heavy atom. The summed E-state index contributed by atoms with van der Waals surface area (Å²) in [5.74, 6) is 0. The number of hydrogen-bond acceptors (Lipinski definition) is 6. The zero-order valence-electron chi connectivity index (χ0n) is 34.3. The first kappa shape index (κ1) is 49.3. The van der Waals surface area contributed by atoms with E-state index in [0.717, 1.165) is 70.8 Å². The number of rotatable bonds is 37. The molecule has 6 nitrogen and oxygen atoms in total. The Labute approximate surface area is 313 Å². The minimum absolute atomic E-state index is 0.139. The lowest BCUT2D eigenvalue weighted by molar-refractivity contribution is -0.0727. The highest BCUT2D eigenvalue weighted by atomic mass is 32.3. The predicted molar refractivity (Wildman–Crippen MR) is 221 cm³/mol. The van der Waals surface area contributed by atoms with Crippen LogP contribution < -0.4 is 0 Å². The van der Waals surface area contributed by atoms with Crippen molar-refractivity contribution in [2.45, 2.75) is 182 Å². The second kappa shape index (κ2) is 35.4. The van der Waals surface area contributed by atoms with E-state index in [2.05, 4.69) is 70.3 Å². The molecule has 0 rings (SSSR count). The molecule has 0 aliphatic rings. The molecule has 0 heterocycles. The molecule has 0 aliphatic carbocycles. The first-order chi connectivity index (χ1) is 24.1. The van der Waals surface area contributed by atoms with Gasteiger partial charge in [-0.1, -0.05) is 132 Å². The lowest BCUT2D eigenvalue weighted by Gasteiger charge is -2.38. The van der Waals surface area contributed by atoms with E-state index in [1.807, 2.05) is 0 Å². The van der Waals surface area contributed by atoms with Crippen LogP contribution in [0, 0.1) is 0 Å². The zero-order chi connectivity index (χ0) is 37.1. The standard InChI is InChI=1S/C43H85NO5S/c1-8-9-10-11-12-13-14-15-16-17-18-19-22-31-43(47-39-32-42(5)30-26-29-41(4)28-25-27-40(2)3)49-50(6,7)48-38-24-21-20-23-33-44(34-36-45)35-37-46/h27,29,32,43,45-46H,8-26,28,30-31,33-39H2,1-7H3/b41-29+,42-32+. The Kier molecular flexibility index (Phi) is 34.9. The van der Waals surface area contributed by atoms with Crippen LogP contribution >= 0.6 is 10.6 Å². The van der Waals surface area contributed by atoms with Crippen LogP contribution in [0.2, 0.25) is 0 Å². The van der Waals surface area contributed by atoms with Crippen LogP contribution in [0.25, 0.3) is 0 Å². The van der Waals surface area contributed by atoms with Gasteiger partial charge in [-0.3, -0.25) is 13.3 Å². The van der Waals surface area contributed by atoms with Crippen LogP contribution in [0.4, 0.5) is 0 Å². The van der Waals surface area contributed by atoms with Gasteiger partial charge >= 0.3 is 0 Å². The van der Waals surface area contributed by atoms with E-state index < -0.39 is 10.6 Å². The maximum absolute atomic E-state index is 9.20. The maximum atomic E-state index is 9.20. The molecule has 1 atom stereocenters. The second-order valence-electron chi connectivity index (χ2n) is 15.0. The van der Waals surface area contributed by atoms with E-state index in [4.69, 9.17) is 13.1 Å². The van der Waals surface area contributed by atoms with Crippen LogP contribution in [-0.2, 0) is 13.1 Å². The SMILES string of the molecule is CCCCCCCCCCCCCCCC(OC/C=C(\C)CC/C=C(\C)CCC=C(C)C)OS(C)(C)OCCCCCCN(CCO)CCO. The minimum atomic E-state index is -1.68. The number of unbranched alkanes of at least 4 members (excludes halogenated alkanes) is 15. The topological polar surface area (TPSA) is 71.4 Å². The second-order valence-corrected chi connectivity index (χ2v) is 17.7. The van der Waals surface area contributed by atoms with Crippen molar-refractivity contribution in [2.24, 2.45) is 0 Å². The maximum Gasteiger partial charge on any atom is 0.180 e. The Bertz CT molecular complexity index is 833. The van der Waals surface area contributed by atoms with E-state index in [1.54, 1.807) is 0 Å². The van der Waals surface area contributed by atoms with Crippen molar-refractivity contribution >= 4 is 10.6 Å². The molecule has 0 spiro atoms. The molecular formula is C43H85NO5S. The number of nitrogens with zero attached hydrogens (tertiary/aromatic N) is 1. The van der Waals surface area contributed by atoms with E-state index in [0.29, 0.717) is 26.3 Å². The largest absolute Gasteiger partial charge is 0.395 e. The van der Waals surface area contributed by atoms with Crippen LogP contribution in [0.15, 0.2) is 34.9 Å². The van der Waals surface area contributed by atoms with E-state index in [1.165, 1.54) is 93.8 Å². The molecule has 0 saturated heterocycles. The number of ether oxygens (including phenoxy) is 1. The molecule has 298 valence electrons. The van der Waals surface area contributed by atoms with Crippen molar-refractivity contribution in [1.29, 1.82) is 0 Å². The number of aliphatic hydroxyl groups excluding tert-OH is 2. The highest BCUT2D eigenvalue weighted by molar-refractivity contribution is 8.24. The average Bonchev–Trinajstić information content (AvgIpc) is 3.06. The first-order valence-corrected chi connectivity index (χ1v) is 23.0. The quantitative estimate of drug-likeness (QED) is 0.0377. The smallest absolute Gasteiger partial charge is 0.180 e. The Hall–Kier alpha value is -0.670. The van der Waals surface area contributed by atoms with Gasteiger partial charge in [0.05, 0.1) is 26.4 Å². The van der Waals surface area contributed by atoms with Gasteiger partial charge in [0.15, 0.2) is 6.29 Å². The molecule has 0 aromatic rings. The molecule has 1 unspecified atom stereocenters. The predicted octanol–water partition coefficient (Wildman–Crippen LogP) is 12.0.